The van der Waals surface area contributed by atoms with E-state index in [0.717, 1.165) is 29.1 Å². The van der Waals surface area contributed by atoms with Gasteiger partial charge in [0, 0.05) is 5.56 Å². The molecule has 1 saturated carbocycles. The van der Waals surface area contributed by atoms with Gasteiger partial charge in [0.25, 0.3) is 5.91 Å². The maximum absolute atomic E-state index is 12.6. The van der Waals surface area contributed by atoms with Crippen molar-refractivity contribution in [2.75, 3.05) is 6.61 Å². The number of carbonyl (C=O) groups excluding carboxylic acids is 1. The van der Waals surface area contributed by atoms with E-state index in [4.69, 9.17) is 0 Å². The lowest BCUT2D eigenvalue weighted by atomic mass is 9.97. The van der Waals surface area contributed by atoms with Gasteiger partial charge in [-0.25, -0.2) is 4.98 Å². The number of nitrogens with one attached hydrogen (secondary N) is 1. The molecule has 2 N–H and O–H groups in total. The summed E-state index contributed by atoms with van der Waals surface area (Å²) in [5.41, 5.74) is 1.22. The van der Waals surface area contributed by atoms with Gasteiger partial charge in [-0.05, 0) is 32.6 Å². The first-order valence-corrected chi connectivity index (χ1v) is 8.31. The highest BCUT2D eigenvalue weighted by Gasteiger charge is 2.42. The third-order valence-electron chi connectivity index (χ3n) is 4.23. The van der Waals surface area contributed by atoms with Crippen LogP contribution < -0.4 is 5.32 Å². The van der Waals surface area contributed by atoms with Gasteiger partial charge in [0.05, 0.1) is 17.8 Å². The molecule has 0 bridgehead atoms. The first-order chi connectivity index (χ1) is 10.5. The van der Waals surface area contributed by atoms with Gasteiger partial charge < -0.3 is 10.4 Å². The highest BCUT2D eigenvalue weighted by molar-refractivity contribution is 7.17. The van der Waals surface area contributed by atoms with Crippen LogP contribution in [0.1, 0.15) is 35.1 Å². The van der Waals surface area contributed by atoms with Crippen LogP contribution in [-0.4, -0.2) is 28.1 Å². The number of aryl methyl sites for hydroxylation is 1. The Bertz CT molecular complexity index is 679. The number of hydrogen-bond acceptors (Lipinski definition) is 4. The van der Waals surface area contributed by atoms with E-state index in [-0.39, 0.29) is 12.5 Å². The number of aliphatic hydroxyl groups excluding tert-OH is 1. The molecule has 0 spiro atoms. The van der Waals surface area contributed by atoms with Crippen LogP contribution in [0, 0.1) is 12.8 Å². The Morgan fingerprint density at radius 1 is 1.41 bits per heavy atom. The van der Waals surface area contributed by atoms with Crippen molar-refractivity contribution in [3.8, 4) is 10.6 Å². The zero-order chi connectivity index (χ0) is 15.7. The SMILES string of the molecule is Cc1nc(-c2ccccc2)sc1C(=O)NC(C)(CO)C1CC1. The van der Waals surface area contributed by atoms with Crippen molar-refractivity contribution in [2.24, 2.45) is 5.92 Å². The van der Waals surface area contributed by atoms with Crippen molar-refractivity contribution in [3.63, 3.8) is 0 Å². The summed E-state index contributed by atoms with van der Waals surface area (Å²) in [4.78, 5) is 17.7. The Morgan fingerprint density at radius 3 is 2.68 bits per heavy atom. The predicted octanol–water partition coefficient (Wildman–Crippen LogP) is 3.01. The van der Waals surface area contributed by atoms with Gasteiger partial charge in [0.1, 0.15) is 9.88 Å². The van der Waals surface area contributed by atoms with Crippen LogP contribution >= 0.6 is 11.3 Å². The number of hydrogen-bond donors (Lipinski definition) is 2. The highest BCUT2D eigenvalue weighted by Crippen LogP contribution is 2.39. The molecule has 1 fully saturated rings. The van der Waals surface area contributed by atoms with Crippen LogP contribution in [0.25, 0.3) is 10.6 Å². The first kappa shape index (κ1) is 15.2. The lowest BCUT2D eigenvalue weighted by Gasteiger charge is -2.28. The summed E-state index contributed by atoms with van der Waals surface area (Å²) in [5, 5.41) is 13.5. The van der Waals surface area contributed by atoms with Crippen LogP contribution in [0.5, 0.6) is 0 Å². The van der Waals surface area contributed by atoms with Crippen LogP contribution in [0.4, 0.5) is 0 Å². The molecule has 1 aliphatic rings. The second kappa shape index (κ2) is 5.82. The van der Waals surface area contributed by atoms with Crippen LogP contribution in [0.15, 0.2) is 30.3 Å². The number of carbonyl (C=O) groups is 1. The van der Waals surface area contributed by atoms with Crippen LogP contribution in [0.3, 0.4) is 0 Å². The van der Waals surface area contributed by atoms with Crippen molar-refractivity contribution < 1.29 is 9.90 Å². The Morgan fingerprint density at radius 2 is 2.09 bits per heavy atom. The van der Waals surface area contributed by atoms with E-state index >= 15 is 0 Å². The van der Waals surface area contributed by atoms with E-state index in [2.05, 4.69) is 10.3 Å². The molecule has 2 aromatic rings. The largest absolute Gasteiger partial charge is 0.394 e. The van der Waals surface area contributed by atoms with E-state index in [1.54, 1.807) is 0 Å². The maximum atomic E-state index is 12.6. The van der Waals surface area contributed by atoms with Crippen molar-refractivity contribution in [2.45, 2.75) is 32.2 Å². The van der Waals surface area contributed by atoms with E-state index in [1.807, 2.05) is 44.2 Å². The first-order valence-electron chi connectivity index (χ1n) is 7.50. The molecule has 0 saturated heterocycles. The number of thiazole rings is 1. The fourth-order valence-corrected chi connectivity index (χ4v) is 3.59. The molecule has 3 rings (SSSR count). The average molecular weight is 316 g/mol. The topological polar surface area (TPSA) is 62.2 Å². The summed E-state index contributed by atoms with van der Waals surface area (Å²) in [5.74, 6) is 0.240. The van der Waals surface area contributed by atoms with E-state index in [1.165, 1.54) is 11.3 Å². The number of aromatic nitrogens is 1. The van der Waals surface area contributed by atoms with E-state index in [0.29, 0.717) is 10.8 Å². The standard InChI is InChI=1S/C17H20N2O2S/c1-11-14(15(21)19-17(2,10-20)13-8-9-13)22-16(18-11)12-6-4-3-5-7-12/h3-7,13,20H,8-10H2,1-2H3,(H,19,21). The summed E-state index contributed by atoms with van der Waals surface area (Å²) in [6.45, 7) is 3.73. The van der Waals surface area contributed by atoms with Gasteiger partial charge in [0.15, 0.2) is 0 Å². The fraction of sp³-hybridized carbons (Fsp3) is 0.412. The third kappa shape index (κ3) is 2.91. The highest BCUT2D eigenvalue weighted by atomic mass is 32.1. The summed E-state index contributed by atoms with van der Waals surface area (Å²) >= 11 is 1.40. The molecule has 1 unspecified atom stereocenters. The van der Waals surface area contributed by atoms with Gasteiger partial charge >= 0.3 is 0 Å². The van der Waals surface area contributed by atoms with Gasteiger partial charge in [-0.1, -0.05) is 30.3 Å². The molecule has 1 amide bonds. The zero-order valence-corrected chi connectivity index (χ0v) is 13.6. The van der Waals surface area contributed by atoms with Crippen LogP contribution in [0.2, 0.25) is 0 Å². The lowest BCUT2D eigenvalue weighted by Crippen LogP contribution is -2.50. The molecule has 4 nitrogen and oxygen atoms in total. The molecule has 5 heteroatoms. The van der Waals surface area contributed by atoms with E-state index in [9.17, 15) is 9.90 Å². The molecule has 0 aliphatic heterocycles. The van der Waals surface area contributed by atoms with Gasteiger partial charge in [-0.3, -0.25) is 4.79 Å². The monoisotopic (exact) mass is 316 g/mol. The van der Waals surface area contributed by atoms with Crippen molar-refractivity contribution >= 4 is 17.2 Å². The molecular weight excluding hydrogens is 296 g/mol. The normalized spacial score (nSPS) is 17.0. The molecule has 1 aromatic carbocycles. The second-order valence-corrected chi connectivity index (χ2v) is 7.10. The zero-order valence-electron chi connectivity index (χ0n) is 12.8. The number of amides is 1. The molecule has 1 atom stereocenters. The summed E-state index contributed by atoms with van der Waals surface area (Å²) in [6, 6.07) is 9.85. The van der Waals surface area contributed by atoms with E-state index < -0.39 is 5.54 Å². The maximum Gasteiger partial charge on any atom is 0.263 e. The molecule has 22 heavy (non-hydrogen) atoms. The minimum Gasteiger partial charge on any atom is -0.394 e. The van der Waals surface area contributed by atoms with Gasteiger partial charge in [0.2, 0.25) is 0 Å². The summed E-state index contributed by atoms with van der Waals surface area (Å²) < 4.78 is 0. The lowest BCUT2D eigenvalue weighted by molar-refractivity contribution is 0.0828. The minimum absolute atomic E-state index is 0.0349. The van der Waals surface area contributed by atoms with Crippen molar-refractivity contribution in [1.29, 1.82) is 0 Å². The summed E-state index contributed by atoms with van der Waals surface area (Å²) in [7, 11) is 0. The molecule has 1 heterocycles. The van der Waals surface area contributed by atoms with Gasteiger partial charge in [-0.2, -0.15) is 0 Å². The minimum atomic E-state index is -0.527. The number of benzene rings is 1. The molecule has 116 valence electrons. The quantitative estimate of drug-likeness (QED) is 0.891. The van der Waals surface area contributed by atoms with Crippen molar-refractivity contribution in [1.82, 2.24) is 10.3 Å². The van der Waals surface area contributed by atoms with Crippen molar-refractivity contribution in [3.05, 3.63) is 40.9 Å². The number of rotatable bonds is 5. The Balaban J connectivity index is 1.83. The molecule has 1 aliphatic carbocycles. The second-order valence-electron chi connectivity index (χ2n) is 6.10. The number of aliphatic hydroxyl groups is 1. The van der Waals surface area contributed by atoms with Gasteiger partial charge in [-0.15, -0.1) is 11.3 Å². The Hall–Kier alpha value is -1.72. The predicted molar refractivity (Wildman–Crippen MR) is 88.0 cm³/mol. The fourth-order valence-electron chi connectivity index (χ4n) is 2.62. The Kier molecular flexibility index (Phi) is 4.02. The average Bonchev–Trinajstić information content (AvgIpc) is 3.31. The number of nitrogens with zero attached hydrogens (tertiary/aromatic N) is 1. The molecule has 1 aromatic heterocycles. The third-order valence-corrected chi connectivity index (χ3v) is 5.43. The Labute approximate surface area is 134 Å². The molecular formula is C17H20N2O2S. The summed E-state index contributed by atoms with van der Waals surface area (Å²) in [6.07, 6.45) is 2.13. The molecule has 0 radical (unpaired) electrons. The van der Waals surface area contributed by atoms with Crippen LogP contribution in [-0.2, 0) is 0 Å². The smallest absolute Gasteiger partial charge is 0.263 e.